The molecule has 0 saturated carbocycles. The lowest BCUT2D eigenvalue weighted by Crippen LogP contribution is -2.04. The number of fused-ring (bicyclic) bond motifs is 1. The summed E-state index contributed by atoms with van der Waals surface area (Å²) in [5.41, 5.74) is 0.00573. The van der Waals surface area contributed by atoms with E-state index in [4.69, 9.17) is 0 Å². The summed E-state index contributed by atoms with van der Waals surface area (Å²) in [5, 5.41) is 10.5. The lowest BCUT2D eigenvalue weighted by Gasteiger charge is -2.07. The first-order valence-electron chi connectivity index (χ1n) is 6.04. The molecule has 0 fully saturated rings. The van der Waals surface area contributed by atoms with E-state index in [-0.39, 0.29) is 5.52 Å². The van der Waals surface area contributed by atoms with E-state index < -0.39 is 17.6 Å². The normalized spacial score (nSPS) is 12.0. The zero-order valence-corrected chi connectivity index (χ0v) is 10.5. The number of alkyl halides is 3. The van der Waals surface area contributed by atoms with Crippen LogP contribution < -0.4 is 0 Å². The molecule has 1 aromatic heterocycles. The standard InChI is InChI=1S/C15H9F4NO/c16-12-5-2-9(3-6-12)13-7-10-1-4-11(15(17,18)19)8-14(10)20(13)21/h1-8,21H. The van der Waals surface area contributed by atoms with E-state index >= 15 is 0 Å². The highest BCUT2D eigenvalue weighted by molar-refractivity contribution is 5.87. The monoisotopic (exact) mass is 295 g/mol. The van der Waals surface area contributed by atoms with Gasteiger partial charge in [0.15, 0.2) is 0 Å². The van der Waals surface area contributed by atoms with Gasteiger partial charge in [0.25, 0.3) is 0 Å². The van der Waals surface area contributed by atoms with E-state index in [9.17, 15) is 22.8 Å². The van der Waals surface area contributed by atoms with Crippen molar-refractivity contribution in [2.75, 3.05) is 0 Å². The van der Waals surface area contributed by atoms with E-state index in [0.717, 1.165) is 12.1 Å². The molecule has 0 bridgehead atoms. The van der Waals surface area contributed by atoms with Gasteiger partial charge in [-0.1, -0.05) is 6.07 Å². The predicted octanol–water partition coefficient (Wildman–Crippen LogP) is 4.70. The number of benzene rings is 2. The minimum atomic E-state index is -4.48. The fraction of sp³-hybridized carbons (Fsp3) is 0.0667. The maximum Gasteiger partial charge on any atom is 0.416 e. The second kappa shape index (κ2) is 4.51. The molecule has 0 saturated heterocycles. The maximum atomic E-state index is 12.9. The molecule has 0 amide bonds. The summed E-state index contributed by atoms with van der Waals surface area (Å²) in [6.07, 6.45) is -4.48. The third kappa shape index (κ3) is 2.33. The van der Waals surface area contributed by atoms with E-state index in [1.165, 1.54) is 30.3 Å². The van der Waals surface area contributed by atoms with Crippen molar-refractivity contribution in [2.45, 2.75) is 6.18 Å². The van der Waals surface area contributed by atoms with Crippen LogP contribution in [0.15, 0.2) is 48.5 Å². The number of nitrogens with zero attached hydrogens (tertiary/aromatic N) is 1. The minimum absolute atomic E-state index is 0.0455. The van der Waals surface area contributed by atoms with Gasteiger partial charge in [0, 0.05) is 10.9 Å². The van der Waals surface area contributed by atoms with Crippen molar-refractivity contribution in [3.05, 3.63) is 59.9 Å². The average Bonchev–Trinajstić information content (AvgIpc) is 2.76. The summed E-state index contributed by atoms with van der Waals surface area (Å²) in [6, 6.07) is 9.99. The Balaban J connectivity index is 2.18. The molecule has 2 nitrogen and oxygen atoms in total. The van der Waals surface area contributed by atoms with E-state index in [0.29, 0.717) is 21.4 Å². The van der Waals surface area contributed by atoms with Crippen LogP contribution in [0.5, 0.6) is 0 Å². The van der Waals surface area contributed by atoms with Gasteiger partial charge in [0.2, 0.25) is 0 Å². The Kier molecular flexibility index (Phi) is 2.90. The number of halogens is 4. The summed E-state index contributed by atoms with van der Waals surface area (Å²) in [5.74, 6) is -0.432. The first-order valence-corrected chi connectivity index (χ1v) is 6.04. The molecule has 0 radical (unpaired) electrons. The van der Waals surface area contributed by atoms with E-state index in [1.54, 1.807) is 6.07 Å². The molecule has 0 atom stereocenters. The van der Waals surface area contributed by atoms with Crippen molar-refractivity contribution < 1.29 is 22.8 Å². The highest BCUT2D eigenvalue weighted by atomic mass is 19.4. The van der Waals surface area contributed by atoms with Gasteiger partial charge >= 0.3 is 6.18 Å². The zero-order chi connectivity index (χ0) is 15.2. The fourth-order valence-corrected chi connectivity index (χ4v) is 2.19. The van der Waals surface area contributed by atoms with Crippen LogP contribution in [0.2, 0.25) is 0 Å². The van der Waals surface area contributed by atoms with Crippen LogP contribution >= 0.6 is 0 Å². The number of rotatable bonds is 1. The van der Waals surface area contributed by atoms with E-state index in [1.807, 2.05) is 0 Å². The first kappa shape index (κ1) is 13.5. The topological polar surface area (TPSA) is 25.2 Å². The van der Waals surface area contributed by atoms with Gasteiger partial charge in [0.1, 0.15) is 5.82 Å². The Labute approximate surface area is 116 Å². The Morgan fingerprint density at radius 3 is 2.19 bits per heavy atom. The summed E-state index contributed by atoms with van der Waals surface area (Å²) in [7, 11) is 0. The van der Waals surface area contributed by atoms with Gasteiger partial charge in [0.05, 0.1) is 16.8 Å². The third-order valence-electron chi connectivity index (χ3n) is 3.25. The molecule has 0 spiro atoms. The van der Waals surface area contributed by atoms with Gasteiger partial charge in [-0.25, -0.2) is 4.39 Å². The van der Waals surface area contributed by atoms with Crippen LogP contribution in [0, 0.1) is 5.82 Å². The lowest BCUT2D eigenvalue weighted by molar-refractivity contribution is -0.137. The largest absolute Gasteiger partial charge is 0.428 e. The van der Waals surface area contributed by atoms with Gasteiger partial charge in [-0.3, -0.25) is 0 Å². The molecule has 0 aliphatic carbocycles. The van der Waals surface area contributed by atoms with Crippen molar-refractivity contribution in [3.63, 3.8) is 0 Å². The predicted molar refractivity (Wildman–Crippen MR) is 69.5 cm³/mol. The van der Waals surface area contributed by atoms with Crippen LogP contribution in [-0.2, 0) is 6.18 Å². The molecular formula is C15H9F4NO. The number of hydrogen-bond acceptors (Lipinski definition) is 1. The van der Waals surface area contributed by atoms with Gasteiger partial charge < -0.3 is 5.21 Å². The molecule has 2 aromatic carbocycles. The Bertz CT molecular complexity index is 803. The molecule has 0 aliphatic rings. The molecule has 3 aromatic rings. The molecule has 3 rings (SSSR count). The van der Waals surface area contributed by atoms with Crippen LogP contribution in [0.3, 0.4) is 0 Å². The maximum absolute atomic E-state index is 12.9. The Morgan fingerprint density at radius 1 is 0.905 bits per heavy atom. The zero-order valence-electron chi connectivity index (χ0n) is 10.5. The van der Waals surface area contributed by atoms with Crippen molar-refractivity contribution >= 4 is 10.9 Å². The Hall–Kier alpha value is -2.50. The molecule has 108 valence electrons. The number of aromatic nitrogens is 1. The molecule has 21 heavy (non-hydrogen) atoms. The van der Waals surface area contributed by atoms with Crippen molar-refractivity contribution in [1.82, 2.24) is 4.73 Å². The lowest BCUT2D eigenvalue weighted by atomic mass is 10.1. The average molecular weight is 295 g/mol. The molecule has 6 heteroatoms. The summed E-state index contributed by atoms with van der Waals surface area (Å²) in [4.78, 5) is 0. The second-order valence-corrected chi connectivity index (χ2v) is 4.62. The minimum Gasteiger partial charge on any atom is -0.428 e. The fourth-order valence-electron chi connectivity index (χ4n) is 2.19. The van der Waals surface area contributed by atoms with Gasteiger partial charge in [-0.2, -0.15) is 17.9 Å². The Morgan fingerprint density at radius 2 is 1.57 bits per heavy atom. The highest BCUT2D eigenvalue weighted by Gasteiger charge is 2.31. The van der Waals surface area contributed by atoms with Crippen molar-refractivity contribution in [2.24, 2.45) is 0 Å². The molecule has 0 unspecified atom stereocenters. The van der Waals surface area contributed by atoms with Crippen LogP contribution in [-0.4, -0.2) is 9.94 Å². The highest BCUT2D eigenvalue weighted by Crippen LogP contribution is 2.34. The van der Waals surface area contributed by atoms with Crippen molar-refractivity contribution in [1.29, 1.82) is 0 Å². The summed E-state index contributed by atoms with van der Waals surface area (Å²) < 4.78 is 51.6. The summed E-state index contributed by atoms with van der Waals surface area (Å²) >= 11 is 0. The molecular weight excluding hydrogens is 286 g/mol. The SMILES string of the molecule is On1c(-c2ccc(F)cc2)cc2ccc(C(F)(F)F)cc21. The van der Waals surface area contributed by atoms with Crippen LogP contribution in [0.25, 0.3) is 22.2 Å². The van der Waals surface area contributed by atoms with Gasteiger partial charge in [-0.15, -0.1) is 0 Å². The number of hydrogen-bond donors (Lipinski definition) is 1. The van der Waals surface area contributed by atoms with Crippen molar-refractivity contribution in [3.8, 4) is 11.3 Å². The summed E-state index contributed by atoms with van der Waals surface area (Å²) in [6.45, 7) is 0. The first-order chi connectivity index (χ1) is 9.86. The molecule has 0 aliphatic heterocycles. The van der Waals surface area contributed by atoms with Gasteiger partial charge in [-0.05, 0) is 42.5 Å². The molecule has 1 heterocycles. The van der Waals surface area contributed by atoms with Crippen LogP contribution in [0.1, 0.15) is 5.56 Å². The second-order valence-electron chi connectivity index (χ2n) is 4.62. The van der Waals surface area contributed by atoms with E-state index in [2.05, 4.69) is 0 Å². The smallest absolute Gasteiger partial charge is 0.416 e. The molecule has 1 N–H and O–H groups in total. The van der Waals surface area contributed by atoms with Crippen LogP contribution in [0.4, 0.5) is 17.6 Å². The quantitative estimate of drug-likeness (QED) is 0.511. The third-order valence-corrected chi connectivity index (χ3v) is 3.25.